The molecule has 0 aliphatic heterocycles. The summed E-state index contributed by atoms with van der Waals surface area (Å²) in [5, 5.41) is 9.10. The van der Waals surface area contributed by atoms with Gasteiger partial charge in [0.05, 0.1) is 36.8 Å². The zero-order valence-corrected chi connectivity index (χ0v) is 28.0. The van der Waals surface area contributed by atoms with Crippen molar-refractivity contribution in [2.45, 2.75) is 0 Å². The van der Waals surface area contributed by atoms with E-state index in [1.54, 1.807) is 61.9 Å². The first-order valence-electron chi connectivity index (χ1n) is 13.1. The number of anilines is 1. The van der Waals surface area contributed by atoms with Crippen LogP contribution in [0.1, 0.15) is 5.56 Å². The summed E-state index contributed by atoms with van der Waals surface area (Å²) in [5.74, 6) is 1.53. The molecular weight excluding hydrogens is 810 g/mol. The van der Waals surface area contributed by atoms with Gasteiger partial charge in [-0.2, -0.15) is 9.78 Å². The van der Waals surface area contributed by atoms with E-state index in [0.29, 0.717) is 50.0 Å². The predicted molar refractivity (Wildman–Crippen MR) is 188 cm³/mol. The summed E-state index contributed by atoms with van der Waals surface area (Å²) in [6.07, 6.45) is 1.58. The van der Waals surface area contributed by atoms with E-state index in [1.807, 2.05) is 36.4 Å². The normalized spacial score (nSPS) is 11.4. The number of hydrogen-bond donors (Lipinski definition) is 1. The molecule has 0 fully saturated rings. The summed E-state index contributed by atoms with van der Waals surface area (Å²) in [6.45, 7) is -0.175. The number of ether oxygens (including phenoxy) is 2. The van der Waals surface area contributed by atoms with Gasteiger partial charge in [0.1, 0.15) is 17.1 Å². The lowest BCUT2D eigenvalue weighted by atomic mass is 10.2. The molecule has 0 unspecified atom stereocenters. The number of amides is 1. The minimum atomic E-state index is -0.342. The minimum Gasteiger partial charge on any atom is -0.496 e. The number of nitrogens with zero attached hydrogens (tertiary/aromatic N) is 3. The third-order valence-electron chi connectivity index (χ3n) is 6.53. The molecule has 12 heteroatoms. The van der Waals surface area contributed by atoms with Crippen LogP contribution in [0.4, 0.5) is 5.69 Å². The Balaban J connectivity index is 1.30. The van der Waals surface area contributed by atoms with E-state index in [0.717, 1.165) is 12.5 Å². The molecule has 0 aliphatic rings. The fourth-order valence-electron chi connectivity index (χ4n) is 4.50. The molecule has 2 aromatic heterocycles. The van der Waals surface area contributed by atoms with Gasteiger partial charge in [0.25, 0.3) is 11.5 Å². The minimum absolute atomic E-state index is 0.175. The molecular formula is C32H21ClI2N4O5. The lowest BCUT2D eigenvalue weighted by molar-refractivity contribution is -0.118. The highest BCUT2D eigenvalue weighted by Gasteiger charge is 2.18. The SMILES string of the molecule is COc1cccc2oc(-c3nc4ccccc4c(=O)n3N=Cc3cc(I)c(OCC(=O)Nc4ccc(Cl)cc4)c(I)c3)cc12. The predicted octanol–water partition coefficient (Wildman–Crippen LogP) is 7.58. The van der Waals surface area contributed by atoms with E-state index in [4.69, 9.17) is 30.5 Å². The molecule has 0 bridgehead atoms. The lowest BCUT2D eigenvalue weighted by Crippen LogP contribution is -2.21. The number of halogens is 3. The molecule has 0 saturated carbocycles. The van der Waals surface area contributed by atoms with Crippen LogP contribution in [-0.4, -0.2) is 35.5 Å². The molecule has 44 heavy (non-hydrogen) atoms. The van der Waals surface area contributed by atoms with Gasteiger partial charge < -0.3 is 19.2 Å². The van der Waals surface area contributed by atoms with Crippen molar-refractivity contribution in [3.8, 4) is 23.1 Å². The maximum Gasteiger partial charge on any atom is 0.282 e. The second kappa shape index (κ2) is 13.0. The molecule has 6 aromatic rings. The van der Waals surface area contributed by atoms with Crippen LogP contribution in [-0.2, 0) is 4.79 Å². The van der Waals surface area contributed by atoms with Gasteiger partial charge in [0.2, 0.25) is 5.82 Å². The van der Waals surface area contributed by atoms with Crippen molar-refractivity contribution in [3.05, 3.63) is 113 Å². The monoisotopic (exact) mass is 830 g/mol. The smallest absolute Gasteiger partial charge is 0.282 e. The third-order valence-corrected chi connectivity index (χ3v) is 8.39. The van der Waals surface area contributed by atoms with Crippen LogP contribution in [0.25, 0.3) is 33.5 Å². The van der Waals surface area contributed by atoms with Crippen molar-refractivity contribution in [3.63, 3.8) is 0 Å². The number of carbonyl (C=O) groups excluding carboxylic acids is 1. The highest BCUT2D eigenvalue weighted by atomic mass is 127. The number of carbonyl (C=O) groups is 1. The van der Waals surface area contributed by atoms with Gasteiger partial charge in [-0.3, -0.25) is 9.59 Å². The maximum atomic E-state index is 13.6. The summed E-state index contributed by atoms with van der Waals surface area (Å²) in [4.78, 5) is 30.8. The fourth-order valence-corrected chi connectivity index (χ4v) is 6.75. The first-order chi connectivity index (χ1) is 21.3. The van der Waals surface area contributed by atoms with Crippen LogP contribution < -0.4 is 20.3 Å². The van der Waals surface area contributed by atoms with Crippen molar-refractivity contribution in [2.24, 2.45) is 5.10 Å². The lowest BCUT2D eigenvalue weighted by Gasteiger charge is -2.12. The van der Waals surface area contributed by atoms with Crippen molar-refractivity contribution in [1.82, 2.24) is 9.66 Å². The number of aromatic nitrogens is 2. The van der Waals surface area contributed by atoms with Crippen LogP contribution in [0, 0.1) is 7.14 Å². The molecule has 2 heterocycles. The number of rotatable bonds is 8. The van der Waals surface area contributed by atoms with Gasteiger partial charge >= 0.3 is 0 Å². The second-order valence-corrected chi connectivity index (χ2v) is 12.2. The fraction of sp³-hybridized carbons (Fsp3) is 0.0625. The van der Waals surface area contributed by atoms with Crippen LogP contribution >= 0.6 is 56.8 Å². The number of nitrogens with one attached hydrogen (secondary N) is 1. The Bertz CT molecular complexity index is 2100. The van der Waals surface area contributed by atoms with Crippen molar-refractivity contribution >= 4 is 96.5 Å². The molecule has 6 rings (SSSR count). The molecule has 220 valence electrons. The topological polar surface area (TPSA) is 108 Å². The molecule has 1 amide bonds. The highest BCUT2D eigenvalue weighted by molar-refractivity contribution is 14.1. The van der Waals surface area contributed by atoms with Crippen LogP contribution in [0.5, 0.6) is 11.5 Å². The average molecular weight is 831 g/mol. The Kier molecular flexibility index (Phi) is 8.86. The highest BCUT2D eigenvalue weighted by Crippen LogP contribution is 2.33. The Morgan fingerprint density at radius 1 is 1.02 bits per heavy atom. The number of furan rings is 1. The standard InChI is InChI=1S/C32H21ClI2N4O5/c1-42-26-7-4-8-27-22(26)15-28(44-27)31-38-25-6-3-2-5-21(25)32(41)39(31)36-16-18-13-23(34)30(24(35)14-18)43-17-29(40)37-20-11-9-19(33)10-12-20/h2-16H,17H2,1H3,(H,37,40). The van der Waals surface area contributed by atoms with Crippen LogP contribution in [0.2, 0.25) is 5.02 Å². The molecule has 0 atom stereocenters. The zero-order valence-electron chi connectivity index (χ0n) is 22.9. The maximum absolute atomic E-state index is 13.6. The summed E-state index contributed by atoms with van der Waals surface area (Å²) in [7, 11) is 1.59. The number of para-hydroxylation sites is 1. The van der Waals surface area contributed by atoms with Gasteiger partial charge in [-0.25, -0.2) is 4.98 Å². The van der Waals surface area contributed by atoms with Gasteiger partial charge in [0, 0.05) is 10.7 Å². The number of benzene rings is 4. The van der Waals surface area contributed by atoms with E-state index in [1.165, 1.54) is 4.68 Å². The second-order valence-electron chi connectivity index (χ2n) is 9.45. The number of hydrogen-bond acceptors (Lipinski definition) is 7. The number of methoxy groups -OCH3 is 1. The van der Waals surface area contributed by atoms with Gasteiger partial charge in [-0.1, -0.05) is 29.8 Å². The van der Waals surface area contributed by atoms with Gasteiger partial charge in [0.15, 0.2) is 12.4 Å². The van der Waals surface area contributed by atoms with E-state index in [-0.39, 0.29) is 23.9 Å². The van der Waals surface area contributed by atoms with Crippen molar-refractivity contribution in [1.29, 1.82) is 0 Å². The third kappa shape index (κ3) is 6.30. The first-order valence-corrected chi connectivity index (χ1v) is 15.6. The Morgan fingerprint density at radius 3 is 2.52 bits per heavy atom. The molecule has 0 radical (unpaired) electrons. The van der Waals surface area contributed by atoms with E-state index in [9.17, 15) is 9.59 Å². The van der Waals surface area contributed by atoms with E-state index >= 15 is 0 Å². The summed E-state index contributed by atoms with van der Waals surface area (Å²) in [6, 6.07) is 24.9. The van der Waals surface area contributed by atoms with Crippen molar-refractivity contribution < 1.29 is 18.7 Å². The molecule has 0 saturated heterocycles. The summed E-state index contributed by atoms with van der Waals surface area (Å²) in [5.41, 5.74) is 2.12. The van der Waals surface area contributed by atoms with Crippen LogP contribution in [0.15, 0.2) is 99.2 Å². The molecule has 4 aromatic carbocycles. The number of fused-ring (bicyclic) bond motifs is 2. The summed E-state index contributed by atoms with van der Waals surface area (Å²) >= 11 is 10.2. The molecule has 9 nitrogen and oxygen atoms in total. The molecule has 0 aliphatic carbocycles. The van der Waals surface area contributed by atoms with Crippen molar-refractivity contribution in [2.75, 3.05) is 19.0 Å². The molecule has 0 spiro atoms. The Hall–Kier alpha value is -3.95. The summed E-state index contributed by atoms with van der Waals surface area (Å²) < 4.78 is 20.2. The zero-order chi connectivity index (χ0) is 30.8. The Labute approximate surface area is 283 Å². The average Bonchev–Trinajstić information content (AvgIpc) is 3.46. The quantitative estimate of drug-likeness (QED) is 0.125. The largest absolute Gasteiger partial charge is 0.496 e. The van der Waals surface area contributed by atoms with Gasteiger partial charge in [-0.15, -0.1) is 0 Å². The molecule has 1 N–H and O–H groups in total. The van der Waals surface area contributed by atoms with Crippen LogP contribution in [0.3, 0.4) is 0 Å². The Morgan fingerprint density at radius 2 is 1.77 bits per heavy atom. The van der Waals surface area contributed by atoms with E-state index in [2.05, 4.69) is 55.6 Å². The first kappa shape index (κ1) is 30.1. The van der Waals surface area contributed by atoms with Gasteiger partial charge in [-0.05, 0) is 117 Å². The van der Waals surface area contributed by atoms with E-state index < -0.39 is 0 Å².